The van der Waals surface area contributed by atoms with Crippen molar-refractivity contribution in [3.63, 3.8) is 0 Å². The number of hydrogen-bond donors (Lipinski definition) is 3. The molecule has 0 spiro atoms. The third-order valence-electron chi connectivity index (χ3n) is 2.62. The average Bonchev–Trinajstić information content (AvgIpc) is 2.96. The topological polar surface area (TPSA) is 70.6 Å². The van der Waals surface area contributed by atoms with Gasteiger partial charge in [-0.05, 0) is 31.1 Å². The van der Waals surface area contributed by atoms with E-state index in [1.54, 1.807) is 0 Å². The van der Waals surface area contributed by atoms with Crippen molar-refractivity contribution in [3.05, 3.63) is 0 Å². The molecule has 0 atom stereocenters. The maximum atomic E-state index is 8.76. The quantitative estimate of drug-likeness (QED) is 0.452. The summed E-state index contributed by atoms with van der Waals surface area (Å²) in [4.78, 5) is 4.33. The summed E-state index contributed by atoms with van der Waals surface area (Å²) in [7, 11) is 0. The van der Waals surface area contributed by atoms with Crippen molar-refractivity contribution in [2.75, 3.05) is 13.2 Å². The Hall–Kier alpha value is -0.770. The van der Waals surface area contributed by atoms with Gasteiger partial charge in [0.15, 0.2) is 5.96 Å². The third kappa shape index (κ3) is 5.62. The predicted octanol–water partition coefficient (Wildman–Crippen LogP) is 0.852. The Morgan fingerprint density at radius 2 is 2.20 bits per heavy atom. The predicted molar refractivity (Wildman–Crippen MR) is 62.7 cm³/mol. The lowest BCUT2D eigenvalue weighted by molar-refractivity contribution is 0.245. The minimum absolute atomic E-state index is 0.124. The van der Waals surface area contributed by atoms with Crippen LogP contribution in [0.15, 0.2) is 4.99 Å². The van der Waals surface area contributed by atoms with Crippen LogP contribution in [0.3, 0.4) is 0 Å². The molecule has 1 fully saturated rings. The molecule has 0 aromatic rings. The molecule has 15 heavy (non-hydrogen) atoms. The first-order chi connectivity index (χ1) is 7.03. The van der Waals surface area contributed by atoms with Crippen LogP contribution >= 0.6 is 0 Å². The van der Waals surface area contributed by atoms with Crippen LogP contribution in [0.25, 0.3) is 0 Å². The van der Waals surface area contributed by atoms with E-state index in [4.69, 9.17) is 10.8 Å². The number of guanidine groups is 1. The van der Waals surface area contributed by atoms with Gasteiger partial charge >= 0.3 is 0 Å². The molecule has 0 radical (unpaired) electrons. The van der Waals surface area contributed by atoms with E-state index in [-0.39, 0.29) is 12.0 Å². The van der Waals surface area contributed by atoms with E-state index in [0.717, 1.165) is 19.4 Å². The minimum atomic E-state index is 0.124. The van der Waals surface area contributed by atoms with Crippen LogP contribution in [-0.4, -0.2) is 30.3 Å². The van der Waals surface area contributed by atoms with Crippen LogP contribution in [0.4, 0.5) is 0 Å². The summed E-state index contributed by atoms with van der Waals surface area (Å²) in [5, 5.41) is 11.9. The van der Waals surface area contributed by atoms with Crippen molar-refractivity contribution in [1.29, 1.82) is 0 Å². The maximum Gasteiger partial charge on any atom is 0.188 e. The number of nitrogens with two attached hydrogens (primary N) is 1. The summed E-state index contributed by atoms with van der Waals surface area (Å²) in [6.07, 6.45) is 4.23. The van der Waals surface area contributed by atoms with Crippen LogP contribution in [0.5, 0.6) is 0 Å². The molecule has 0 bridgehead atoms. The van der Waals surface area contributed by atoms with Crippen LogP contribution in [0.2, 0.25) is 0 Å². The number of hydrogen-bond acceptors (Lipinski definition) is 2. The molecule has 0 saturated heterocycles. The lowest BCUT2D eigenvalue weighted by Gasteiger charge is -2.21. The zero-order valence-corrected chi connectivity index (χ0v) is 9.79. The Labute approximate surface area is 92.0 Å². The van der Waals surface area contributed by atoms with E-state index in [1.165, 1.54) is 12.8 Å². The van der Waals surface area contributed by atoms with E-state index in [2.05, 4.69) is 24.2 Å². The molecule has 0 unspecified atom stereocenters. The lowest BCUT2D eigenvalue weighted by Crippen LogP contribution is -2.34. The molecule has 0 heterocycles. The molecule has 4 nitrogen and oxygen atoms in total. The minimum Gasteiger partial charge on any atom is -0.396 e. The summed E-state index contributed by atoms with van der Waals surface area (Å²) in [5.41, 5.74) is 5.86. The van der Waals surface area contributed by atoms with Crippen LogP contribution < -0.4 is 11.1 Å². The van der Waals surface area contributed by atoms with Crippen molar-refractivity contribution < 1.29 is 5.11 Å². The number of aliphatic imine (C=N–C) groups is 1. The highest BCUT2D eigenvalue weighted by Gasteiger charge is 2.22. The number of aliphatic hydroxyl groups is 1. The Bertz CT molecular complexity index is 222. The first kappa shape index (κ1) is 12.3. The van der Waals surface area contributed by atoms with Gasteiger partial charge in [-0.15, -0.1) is 0 Å². The number of nitrogens with one attached hydrogen (secondary N) is 1. The summed E-state index contributed by atoms with van der Waals surface area (Å²) in [5.74, 6) is 0.564. The second kappa shape index (κ2) is 5.35. The number of nitrogens with zero attached hydrogens (tertiary/aromatic N) is 1. The summed E-state index contributed by atoms with van der Waals surface area (Å²) in [6.45, 7) is 5.27. The fourth-order valence-corrected chi connectivity index (χ4v) is 1.42. The normalized spacial score (nSPS) is 17.9. The Balaban J connectivity index is 2.25. The number of rotatable bonds is 6. The van der Waals surface area contributed by atoms with Gasteiger partial charge in [-0.3, -0.25) is 4.99 Å². The Kier molecular flexibility index (Phi) is 4.39. The van der Waals surface area contributed by atoms with Gasteiger partial charge in [0.05, 0.1) is 0 Å². The van der Waals surface area contributed by atoms with Crippen molar-refractivity contribution in [2.45, 2.75) is 45.6 Å². The van der Waals surface area contributed by atoms with Crippen molar-refractivity contribution >= 4 is 5.96 Å². The van der Waals surface area contributed by atoms with Gasteiger partial charge in [0, 0.05) is 19.2 Å². The smallest absolute Gasteiger partial charge is 0.188 e. The molecule has 4 N–H and O–H groups in total. The van der Waals surface area contributed by atoms with Crippen molar-refractivity contribution in [2.24, 2.45) is 16.1 Å². The molecule has 1 aliphatic carbocycles. The monoisotopic (exact) mass is 213 g/mol. The van der Waals surface area contributed by atoms with E-state index in [1.807, 2.05) is 0 Å². The van der Waals surface area contributed by atoms with Crippen molar-refractivity contribution in [3.8, 4) is 0 Å². The van der Waals surface area contributed by atoms with E-state index in [9.17, 15) is 0 Å². The lowest BCUT2D eigenvalue weighted by atomic mass is 9.88. The van der Waals surface area contributed by atoms with E-state index < -0.39 is 0 Å². The standard InChI is InChI=1S/C11H23N3O/c1-11(2,6-3-7-15)8-13-10(12)14-9-4-5-9/h9,15H,3-8H2,1-2H3,(H3,12,13,14). The molecule has 88 valence electrons. The zero-order valence-electron chi connectivity index (χ0n) is 9.79. The summed E-state index contributed by atoms with van der Waals surface area (Å²) < 4.78 is 0. The summed E-state index contributed by atoms with van der Waals surface area (Å²) in [6, 6.07) is 0.564. The average molecular weight is 213 g/mol. The van der Waals surface area contributed by atoms with Gasteiger partial charge in [-0.25, -0.2) is 0 Å². The largest absolute Gasteiger partial charge is 0.396 e. The fourth-order valence-electron chi connectivity index (χ4n) is 1.42. The molecule has 0 aromatic heterocycles. The molecular weight excluding hydrogens is 190 g/mol. The molecule has 1 saturated carbocycles. The van der Waals surface area contributed by atoms with Gasteiger partial charge < -0.3 is 16.2 Å². The van der Waals surface area contributed by atoms with Crippen LogP contribution in [0.1, 0.15) is 39.5 Å². The fraction of sp³-hybridized carbons (Fsp3) is 0.909. The van der Waals surface area contributed by atoms with Gasteiger partial charge in [0.1, 0.15) is 0 Å². The second-order valence-corrected chi connectivity index (χ2v) is 5.11. The SMILES string of the molecule is CC(C)(CCCO)CN=C(N)NC1CC1. The Morgan fingerprint density at radius 3 is 2.73 bits per heavy atom. The van der Waals surface area contributed by atoms with Crippen molar-refractivity contribution in [1.82, 2.24) is 5.32 Å². The van der Waals surface area contributed by atoms with Gasteiger partial charge in [-0.1, -0.05) is 13.8 Å². The van der Waals surface area contributed by atoms with Gasteiger partial charge in [-0.2, -0.15) is 0 Å². The van der Waals surface area contributed by atoms with Crippen LogP contribution in [-0.2, 0) is 0 Å². The first-order valence-corrected chi connectivity index (χ1v) is 5.71. The van der Waals surface area contributed by atoms with E-state index in [0.29, 0.717) is 12.0 Å². The summed E-state index contributed by atoms with van der Waals surface area (Å²) >= 11 is 0. The zero-order chi connectivity index (χ0) is 11.3. The molecule has 4 heteroatoms. The second-order valence-electron chi connectivity index (χ2n) is 5.11. The first-order valence-electron chi connectivity index (χ1n) is 5.71. The molecule has 1 aliphatic rings. The highest BCUT2D eigenvalue weighted by Crippen LogP contribution is 2.22. The number of aliphatic hydroxyl groups excluding tert-OH is 1. The maximum absolute atomic E-state index is 8.76. The Morgan fingerprint density at radius 1 is 1.53 bits per heavy atom. The highest BCUT2D eigenvalue weighted by molar-refractivity contribution is 5.78. The molecular formula is C11H23N3O. The molecule has 0 aliphatic heterocycles. The molecule has 1 rings (SSSR count). The third-order valence-corrected chi connectivity index (χ3v) is 2.62. The molecule has 0 aromatic carbocycles. The highest BCUT2D eigenvalue weighted by atomic mass is 16.2. The molecule has 0 amide bonds. The van der Waals surface area contributed by atoms with E-state index >= 15 is 0 Å². The van der Waals surface area contributed by atoms with Gasteiger partial charge in [0.2, 0.25) is 0 Å². The van der Waals surface area contributed by atoms with Crippen LogP contribution in [0, 0.1) is 5.41 Å². The van der Waals surface area contributed by atoms with Gasteiger partial charge in [0.25, 0.3) is 0 Å².